The second-order valence-corrected chi connectivity index (χ2v) is 10.9. The molecule has 2 rings (SSSR count). The number of halogens is 3. The Kier molecular flexibility index (Phi) is 13.0. The van der Waals surface area contributed by atoms with Gasteiger partial charge in [0.2, 0.25) is 0 Å². The van der Waals surface area contributed by atoms with Crippen molar-refractivity contribution < 1.29 is 36.6 Å². The number of carbonyl (C=O) groups is 1. The van der Waals surface area contributed by atoms with Crippen molar-refractivity contribution >= 4 is 12.0 Å². The van der Waals surface area contributed by atoms with Gasteiger partial charge in [0, 0.05) is 24.2 Å². The van der Waals surface area contributed by atoms with Crippen molar-refractivity contribution in [3.8, 4) is 5.95 Å². The summed E-state index contributed by atoms with van der Waals surface area (Å²) < 4.78 is 64.6. The molecular formula is C35H43F3O6. The van der Waals surface area contributed by atoms with Gasteiger partial charge in [-0.05, 0) is 58.6 Å². The van der Waals surface area contributed by atoms with Crippen LogP contribution in [0.3, 0.4) is 0 Å². The first-order valence-electron chi connectivity index (χ1n) is 14.4. The van der Waals surface area contributed by atoms with Gasteiger partial charge >= 0.3 is 12.1 Å². The number of benzene rings is 1. The third-order valence-electron chi connectivity index (χ3n) is 7.52. The van der Waals surface area contributed by atoms with E-state index in [-0.39, 0.29) is 22.9 Å². The lowest BCUT2D eigenvalue weighted by molar-refractivity contribution is -0.278. The van der Waals surface area contributed by atoms with Gasteiger partial charge in [0.15, 0.2) is 5.43 Å². The van der Waals surface area contributed by atoms with Crippen LogP contribution in [0.4, 0.5) is 13.2 Å². The van der Waals surface area contributed by atoms with Crippen LogP contribution >= 0.6 is 0 Å². The average molecular weight is 617 g/mol. The SMILES string of the molecule is C/C=C(\C)[C@H](OC(=O)[C@](OC)(c1ccccc1)C(F)(F)F)[C@H](C)/C=C(C)/C=C/CC(C)/C=C/c1oc(OC)c(C)c(=O)c1C. The molecule has 0 spiro atoms. The summed E-state index contributed by atoms with van der Waals surface area (Å²) in [6.07, 6.45) is 5.80. The maximum absolute atomic E-state index is 14.4. The van der Waals surface area contributed by atoms with Gasteiger partial charge in [-0.3, -0.25) is 4.79 Å². The summed E-state index contributed by atoms with van der Waals surface area (Å²) >= 11 is 0. The lowest BCUT2D eigenvalue weighted by Gasteiger charge is -2.35. The minimum absolute atomic E-state index is 0.106. The monoisotopic (exact) mass is 616 g/mol. The van der Waals surface area contributed by atoms with Crippen molar-refractivity contribution in [2.24, 2.45) is 11.8 Å². The molecule has 0 saturated carbocycles. The highest BCUT2D eigenvalue weighted by atomic mass is 19.4. The van der Waals surface area contributed by atoms with Crippen LogP contribution in [0.5, 0.6) is 5.95 Å². The second-order valence-electron chi connectivity index (χ2n) is 10.9. The molecule has 0 saturated heterocycles. The lowest BCUT2D eigenvalue weighted by atomic mass is 9.91. The maximum atomic E-state index is 14.4. The van der Waals surface area contributed by atoms with E-state index in [2.05, 4.69) is 0 Å². The fraction of sp³-hybridized carbons (Fsp3) is 0.429. The van der Waals surface area contributed by atoms with Crippen molar-refractivity contribution in [1.29, 1.82) is 0 Å². The average Bonchev–Trinajstić information content (AvgIpc) is 2.98. The van der Waals surface area contributed by atoms with Crippen LogP contribution in [-0.2, 0) is 19.9 Å². The third-order valence-corrected chi connectivity index (χ3v) is 7.52. The molecule has 44 heavy (non-hydrogen) atoms. The Morgan fingerprint density at radius 2 is 1.68 bits per heavy atom. The quantitative estimate of drug-likeness (QED) is 0.128. The first-order valence-corrected chi connectivity index (χ1v) is 14.4. The normalized spacial score (nSPS) is 16.5. The zero-order valence-corrected chi connectivity index (χ0v) is 26.9. The molecule has 1 heterocycles. The van der Waals surface area contributed by atoms with Gasteiger partial charge in [0.1, 0.15) is 11.9 Å². The Morgan fingerprint density at radius 1 is 1.05 bits per heavy atom. The van der Waals surface area contributed by atoms with Crippen LogP contribution in [0.1, 0.15) is 63.5 Å². The molecule has 0 bridgehead atoms. The Hall–Kier alpha value is -3.85. The molecule has 0 aliphatic rings. The molecule has 0 aliphatic carbocycles. The van der Waals surface area contributed by atoms with E-state index in [1.165, 1.54) is 31.4 Å². The third kappa shape index (κ3) is 8.40. The van der Waals surface area contributed by atoms with Gasteiger partial charge in [-0.15, -0.1) is 0 Å². The van der Waals surface area contributed by atoms with Crippen molar-refractivity contribution in [3.05, 3.63) is 105 Å². The zero-order chi connectivity index (χ0) is 33.2. The predicted molar refractivity (Wildman–Crippen MR) is 166 cm³/mol. The number of alkyl halides is 3. The van der Waals surface area contributed by atoms with Crippen LogP contribution in [-0.4, -0.2) is 32.5 Å². The molecular weight excluding hydrogens is 573 g/mol. The van der Waals surface area contributed by atoms with Crippen LogP contribution in [0.25, 0.3) is 6.08 Å². The summed E-state index contributed by atoms with van der Waals surface area (Å²) in [5, 5.41) is 0. The van der Waals surface area contributed by atoms with Crippen LogP contribution in [0.2, 0.25) is 0 Å². The maximum Gasteiger partial charge on any atom is 0.432 e. The highest BCUT2D eigenvalue weighted by Crippen LogP contribution is 2.43. The molecule has 6 nitrogen and oxygen atoms in total. The summed E-state index contributed by atoms with van der Waals surface area (Å²) in [4.78, 5) is 25.7. The Balaban J connectivity index is 2.22. The minimum atomic E-state index is -5.06. The predicted octanol–water partition coefficient (Wildman–Crippen LogP) is 8.43. The Morgan fingerprint density at radius 3 is 2.23 bits per heavy atom. The first kappa shape index (κ1) is 36.3. The second kappa shape index (κ2) is 15.7. The molecule has 2 aromatic rings. The summed E-state index contributed by atoms with van der Waals surface area (Å²) in [5.41, 5.74) is -1.38. The van der Waals surface area contributed by atoms with Crippen LogP contribution < -0.4 is 10.2 Å². The zero-order valence-electron chi connectivity index (χ0n) is 26.9. The fourth-order valence-corrected chi connectivity index (χ4v) is 4.81. The largest absolute Gasteiger partial charge is 0.468 e. The number of rotatable bonds is 13. The molecule has 0 N–H and O–H groups in total. The van der Waals surface area contributed by atoms with E-state index in [4.69, 9.17) is 18.6 Å². The highest BCUT2D eigenvalue weighted by molar-refractivity contribution is 5.83. The highest BCUT2D eigenvalue weighted by Gasteiger charge is 2.64. The summed E-state index contributed by atoms with van der Waals surface area (Å²) in [5.74, 6) is -1.25. The molecule has 0 aliphatic heterocycles. The molecule has 1 unspecified atom stereocenters. The number of hydrogen-bond donors (Lipinski definition) is 0. The van der Waals surface area contributed by atoms with Crippen molar-refractivity contribution in [2.75, 3.05) is 14.2 Å². The molecule has 1 aromatic carbocycles. The van der Waals surface area contributed by atoms with Gasteiger partial charge in [0.05, 0.1) is 12.7 Å². The van der Waals surface area contributed by atoms with Crippen molar-refractivity contribution in [2.45, 2.75) is 72.8 Å². The van der Waals surface area contributed by atoms with Crippen LogP contribution in [0.15, 0.2) is 81.1 Å². The summed E-state index contributed by atoms with van der Waals surface area (Å²) in [6, 6.07) is 6.76. The van der Waals surface area contributed by atoms with Gasteiger partial charge in [-0.1, -0.05) is 80.1 Å². The number of methoxy groups -OCH3 is 2. The van der Waals surface area contributed by atoms with Gasteiger partial charge in [0.25, 0.3) is 11.5 Å². The van der Waals surface area contributed by atoms with E-state index in [0.717, 1.165) is 12.7 Å². The van der Waals surface area contributed by atoms with E-state index >= 15 is 0 Å². The van der Waals surface area contributed by atoms with Crippen molar-refractivity contribution in [3.63, 3.8) is 0 Å². The molecule has 0 amide bonds. The van der Waals surface area contributed by atoms with Crippen molar-refractivity contribution in [1.82, 2.24) is 0 Å². The number of esters is 1. The first-order chi connectivity index (χ1) is 20.6. The van der Waals surface area contributed by atoms with E-state index in [9.17, 15) is 22.8 Å². The topological polar surface area (TPSA) is 75.0 Å². The molecule has 4 atom stereocenters. The smallest absolute Gasteiger partial charge is 0.432 e. The number of carbonyl (C=O) groups excluding carboxylic acids is 1. The lowest BCUT2D eigenvalue weighted by Crippen LogP contribution is -2.53. The minimum Gasteiger partial charge on any atom is -0.468 e. The Labute approximate surface area is 257 Å². The van der Waals surface area contributed by atoms with E-state index < -0.39 is 29.8 Å². The summed E-state index contributed by atoms with van der Waals surface area (Å²) in [7, 11) is 2.30. The van der Waals surface area contributed by atoms with Gasteiger partial charge in [-0.2, -0.15) is 13.2 Å². The van der Waals surface area contributed by atoms with Gasteiger partial charge in [-0.25, -0.2) is 4.79 Å². The van der Waals surface area contributed by atoms with Crippen LogP contribution in [0, 0.1) is 25.7 Å². The molecule has 1 aromatic heterocycles. The Bertz CT molecular complexity index is 1450. The standard InChI is InChI=1S/C35H43F3O6/c1-10-24(4)31(44-33(40)34(42-9,35(36,37)38)28-17-12-11-13-18-28)25(5)21-23(3)16-14-15-22(2)19-20-29-26(6)30(39)27(7)32(41-8)43-29/h10-14,16-22,25,31H,15H2,1-9H3/b16-14+,20-19+,23-21+,24-10+/t22?,25-,31+,34-/m1/s1. The molecule has 9 heteroatoms. The van der Waals surface area contributed by atoms with E-state index in [1.54, 1.807) is 52.8 Å². The number of ether oxygens (including phenoxy) is 3. The molecule has 0 fully saturated rings. The number of hydrogen-bond acceptors (Lipinski definition) is 6. The van der Waals surface area contributed by atoms with E-state index in [0.29, 0.717) is 28.9 Å². The molecule has 240 valence electrons. The van der Waals surface area contributed by atoms with Gasteiger partial charge < -0.3 is 18.6 Å². The number of allylic oxidation sites excluding steroid dienone is 5. The fourth-order valence-electron chi connectivity index (χ4n) is 4.81. The van der Waals surface area contributed by atoms with E-state index in [1.807, 2.05) is 38.2 Å². The molecule has 0 radical (unpaired) electrons. The summed E-state index contributed by atoms with van der Waals surface area (Å²) in [6.45, 7) is 12.5.